The van der Waals surface area contributed by atoms with Crippen LogP contribution in [-0.4, -0.2) is 62.0 Å². The second kappa shape index (κ2) is 9.50. The molecular weight excluding hydrogens is 360 g/mol. The molecule has 1 heterocycles. The van der Waals surface area contributed by atoms with Crippen LogP contribution >= 0.6 is 0 Å². The van der Waals surface area contributed by atoms with Crippen molar-refractivity contribution in [3.8, 4) is 0 Å². The van der Waals surface area contributed by atoms with Crippen LogP contribution in [0.5, 0.6) is 0 Å². The normalized spacial score (nSPS) is 23.1. The summed E-state index contributed by atoms with van der Waals surface area (Å²) < 4.78 is 25.8. The Balaban J connectivity index is 3.04. The highest BCUT2D eigenvalue weighted by Gasteiger charge is 2.41. The van der Waals surface area contributed by atoms with E-state index in [1.165, 1.54) is 26.0 Å². The maximum Gasteiger partial charge on any atom is 0.350 e. The van der Waals surface area contributed by atoms with Gasteiger partial charge in [-0.25, -0.2) is 4.79 Å². The predicted octanol–water partition coefficient (Wildman–Crippen LogP) is 0.936. The van der Waals surface area contributed by atoms with Crippen LogP contribution in [0.1, 0.15) is 34.6 Å². The largest absolute Gasteiger partial charge is 0.466 e. The Morgan fingerprint density at radius 1 is 1.07 bits per heavy atom. The molecule has 0 N–H and O–H groups in total. The Morgan fingerprint density at radius 2 is 1.70 bits per heavy atom. The van der Waals surface area contributed by atoms with Gasteiger partial charge in [-0.1, -0.05) is 6.08 Å². The molecular formula is C18H26O9. The van der Waals surface area contributed by atoms with Gasteiger partial charge in [0, 0.05) is 13.8 Å². The third-order valence-electron chi connectivity index (χ3n) is 3.52. The van der Waals surface area contributed by atoms with Crippen molar-refractivity contribution < 1.29 is 42.9 Å². The van der Waals surface area contributed by atoms with E-state index in [-0.39, 0.29) is 6.61 Å². The zero-order valence-electron chi connectivity index (χ0n) is 16.3. The Hall–Kier alpha value is -2.42. The first-order valence-electron chi connectivity index (χ1n) is 8.39. The number of ether oxygens (including phenoxy) is 5. The van der Waals surface area contributed by atoms with Gasteiger partial charge in [0.2, 0.25) is 6.10 Å². The van der Waals surface area contributed by atoms with Crippen LogP contribution in [0.4, 0.5) is 0 Å². The van der Waals surface area contributed by atoms with Crippen molar-refractivity contribution >= 4 is 23.9 Å². The molecule has 0 aromatic rings. The van der Waals surface area contributed by atoms with Crippen molar-refractivity contribution in [2.45, 2.75) is 59.0 Å². The molecule has 152 valence electrons. The molecule has 0 spiro atoms. The molecule has 0 aromatic carbocycles. The molecule has 9 nitrogen and oxygen atoms in total. The number of rotatable bonds is 6. The number of carbonyl (C=O) groups is 4. The van der Waals surface area contributed by atoms with Gasteiger partial charge >= 0.3 is 23.9 Å². The van der Waals surface area contributed by atoms with Crippen LogP contribution in [0.2, 0.25) is 0 Å². The summed E-state index contributed by atoms with van der Waals surface area (Å²) in [5, 5.41) is 0. The molecule has 1 rings (SSSR count). The predicted molar refractivity (Wildman–Crippen MR) is 91.3 cm³/mol. The summed E-state index contributed by atoms with van der Waals surface area (Å²) in [5.74, 6) is -2.52. The first-order valence-corrected chi connectivity index (χ1v) is 8.39. The maximum absolute atomic E-state index is 12.2. The van der Waals surface area contributed by atoms with Crippen LogP contribution in [-0.2, 0) is 42.9 Å². The molecule has 0 aliphatic carbocycles. The van der Waals surface area contributed by atoms with Crippen molar-refractivity contribution in [2.24, 2.45) is 5.41 Å². The van der Waals surface area contributed by atoms with Crippen molar-refractivity contribution in [1.29, 1.82) is 0 Å². The molecule has 0 unspecified atom stereocenters. The summed E-state index contributed by atoms with van der Waals surface area (Å²) in [6.07, 6.45) is -1.14. The van der Waals surface area contributed by atoms with E-state index >= 15 is 0 Å². The molecule has 1 aliphatic heterocycles. The van der Waals surface area contributed by atoms with Crippen LogP contribution in [0.25, 0.3) is 0 Å². The molecule has 27 heavy (non-hydrogen) atoms. The second-order valence-electron chi connectivity index (χ2n) is 7.00. The molecule has 0 saturated carbocycles. The van der Waals surface area contributed by atoms with E-state index < -0.39 is 53.7 Å². The third-order valence-corrected chi connectivity index (χ3v) is 3.52. The zero-order valence-corrected chi connectivity index (χ0v) is 16.3. The fourth-order valence-corrected chi connectivity index (χ4v) is 2.14. The highest BCUT2D eigenvalue weighted by molar-refractivity contribution is 5.82. The number of methoxy groups -OCH3 is 1. The zero-order chi connectivity index (χ0) is 20.8. The number of esters is 4. The minimum absolute atomic E-state index is 0.213. The van der Waals surface area contributed by atoms with Gasteiger partial charge in [-0.15, -0.1) is 0 Å². The van der Waals surface area contributed by atoms with Gasteiger partial charge in [-0.05, 0) is 26.8 Å². The van der Waals surface area contributed by atoms with Crippen molar-refractivity contribution in [3.05, 3.63) is 12.2 Å². The summed E-state index contributed by atoms with van der Waals surface area (Å²) in [6.45, 7) is 7.16. The van der Waals surface area contributed by atoms with Gasteiger partial charge in [-0.2, -0.15) is 0 Å². The molecule has 9 heteroatoms. The summed E-state index contributed by atoms with van der Waals surface area (Å²) in [6, 6.07) is 0. The topological polar surface area (TPSA) is 114 Å². The first-order chi connectivity index (χ1) is 12.5. The fraction of sp³-hybridized carbons (Fsp3) is 0.667. The van der Waals surface area contributed by atoms with Gasteiger partial charge in [0.25, 0.3) is 0 Å². The van der Waals surface area contributed by atoms with E-state index in [0.717, 1.165) is 7.11 Å². The summed E-state index contributed by atoms with van der Waals surface area (Å²) in [7, 11) is 1.16. The average molecular weight is 386 g/mol. The lowest BCUT2D eigenvalue weighted by molar-refractivity contribution is -0.191. The van der Waals surface area contributed by atoms with Crippen LogP contribution in [0.15, 0.2) is 12.2 Å². The molecule has 0 radical (unpaired) electrons. The fourth-order valence-electron chi connectivity index (χ4n) is 2.14. The molecule has 0 aromatic heterocycles. The van der Waals surface area contributed by atoms with E-state index in [4.69, 9.17) is 23.7 Å². The Labute approximate surface area is 157 Å². The van der Waals surface area contributed by atoms with Gasteiger partial charge in [-0.3, -0.25) is 14.4 Å². The highest BCUT2D eigenvalue weighted by Crippen LogP contribution is 2.24. The first kappa shape index (κ1) is 22.6. The van der Waals surface area contributed by atoms with E-state index in [2.05, 4.69) is 0 Å². The van der Waals surface area contributed by atoms with E-state index in [1.54, 1.807) is 20.8 Å². The number of hydrogen-bond acceptors (Lipinski definition) is 9. The highest BCUT2D eigenvalue weighted by atomic mass is 16.6. The third kappa shape index (κ3) is 7.01. The van der Waals surface area contributed by atoms with Gasteiger partial charge < -0.3 is 23.7 Å². The summed E-state index contributed by atoms with van der Waals surface area (Å²) in [4.78, 5) is 46.7. The molecule has 0 amide bonds. The smallest absolute Gasteiger partial charge is 0.350 e. The van der Waals surface area contributed by atoms with E-state index in [0.29, 0.717) is 0 Å². The van der Waals surface area contributed by atoms with Crippen LogP contribution in [0.3, 0.4) is 0 Å². The second-order valence-corrected chi connectivity index (χ2v) is 7.00. The van der Waals surface area contributed by atoms with Crippen molar-refractivity contribution in [3.63, 3.8) is 0 Å². The maximum atomic E-state index is 12.2. The standard InChI is InChI=1S/C18H26O9/c1-10(19)24-9-14-12(25-11(2)20)7-8-13(26-14)15(16(21)23-6)27-17(22)18(3,4)5/h7-8,12-15H,9H2,1-6H3/t12-,13-,14+,15+/m0/s1. The lowest BCUT2D eigenvalue weighted by atomic mass is 9.97. The minimum Gasteiger partial charge on any atom is -0.466 e. The van der Waals surface area contributed by atoms with Crippen molar-refractivity contribution in [2.75, 3.05) is 13.7 Å². The Morgan fingerprint density at radius 3 is 2.19 bits per heavy atom. The number of hydrogen-bond donors (Lipinski definition) is 0. The van der Waals surface area contributed by atoms with Crippen molar-refractivity contribution in [1.82, 2.24) is 0 Å². The van der Waals surface area contributed by atoms with Gasteiger partial charge in [0.05, 0.1) is 12.5 Å². The summed E-state index contributed by atoms with van der Waals surface area (Å²) in [5.41, 5.74) is -0.845. The Bertz CT molecular complexity index is 602. The van der Waals surface area contributed by atoms with Crippen LogP contribution < -0.4 is 0 Å². The minimum atomic E-state index is -1.36. The van der Waals surface area contributed by atoms with Gasteiger partial charge in [0.1, 0.15) is 24.9 Å². The SMILES string of the molecule is COC(=O)[C@H](OC(=O)C(C)(C)C)[C@@H]1C=C[C@H](OC(C)=O)[C@@H](COC(C)=O)O1. The molecule has 0 bridgehead atoms. The van der Waals surface area contributed by atoms with Gasteiger partial charge in [0.15, 0.2) is 0 Å². The molecule has 1 aliphatic rings. The van der Waals surface area contributed by atoms with E-state index in [1.807, 2.05) is 0 Å². The lowest BCUT2D eigenvalue weighted by Crippen LogP contribution is -2.49. The van der Waals surface area contributed by atoms with E-state index in [9.17, 15) is 19.2 Å². The monoisotopic (exact) mass is 386 g/mol. The lowest BCUT2D eigenvalue weighted by Gasteiger charge is -2.34. The molecule has 0 saturated heterocycles. The number of carbonyl (C=O) groups excluding carboxylic acids is 4. The molecule has 4 atom stereocenters. The average Bonchev–Trinajstić information content (AvgIpc) is 2.56. The Kier molecular flexibility index (Phi) is 7.96. The van der Waals surface area contributed by atoms with Crippen LogP contribution in [0, 0.1) is 5.41 Å². The summed E-state index contributed by atoms with van der Waals surface area (Å²) >= 11 is 0. The quantitative estimate of drug-likeness (QED) is 0.373. The molecule has 0 fully saturated rings.